The second kappa shape index (κ2) is 4.89. The quantitative estimate of drug-likeness (QED) is 0.840. The number of rotatable bonds is 4. The molecule has 1 nitrogen and oxygen atoms in total. The van der Waals surface area contributed by atoms with Gasteiger partial charge in [0.1, 0.15) is 0 Å². The lowest BCUT2D eigenvalue weighted by molar-refractivity contribution is 0.0330. The van der Waals surface area contributed by atoms with Crippen LogP contribution in [0, 0.1) is 0 Å². The third-order valence-corrected chi connectivity index (χ3v) is 3.72. The fourth-order valence-electron chi connectivity index (χ4n) is 2.30. The van der Waals surface area contributed by atoms with Gasteiger partial charge in [-0.25, -0.2) is 0 Å². The number of aliphatic hydroxyl groups is 1. The molecule has 17 heavy (non-hydrogen) atoms. The van der Waals surface area contributed by atoms with Crippen LogP contribution in [0.4, 0.5) is 0 Å². The molecular weight excluding hydrogens is 208 g/mol. The largest absolute Gasteiger partial charge is 0.390 e. The maximum absolute atomic E-state index is 10.4. The molecule has 0 radical (unpaired) electrons. The van der Waals surface area contributed by atoms with Crippen molar-refractivity contribution in [1.29, 1.82) is 0 Å². The van der Waals surface area contributed by atoms with E-state index in [1.54, 1.807) is 0 Å². The standard InChI is InChI=1S/C16H20O/c1-3-16(17,4-2)12-14-10-7-9-13-8-5-6-11-15(13)14/h5-11,17H,3-4,12H2,1-2H3. The number of benzene rings is 2. The first-order valence-corrected chi connectivity index (χ1v) is 6.37. The molecule has 0 aromatic heterocycles. The molecule has 0 amide bonds. The average Bonchev–Trinajstić information content (AvgIpc) is 2.39. The molecule has 0 aliphatic heterocycles. The summed E-state index contributed by atoms with van der Waals surface area (Å²) in [6.07, 6.45) is 2.33. The average molecular weight is 228 g/mol. The van der Waals surface area contributed by atoms with E-state index < -0.39 is 5.60 Å². The Labute approximate surface area is 103 Å². The highest BCUT2D eigenvalue weighted by Gasteiger charge is 2.23. The van der Waals surface area contributed by atoms with E-state index in [2.05, 4.69) is 56.3 Å². The molecule has 0 saturated heterocycles. The van der Waals surface area contributed by atoms with Crippen molar-refractivity contribution in [3.63, 3.8) is 0 Å². The van der Waals surface area contributed by atoms with Gasteiger partial charge in [0, 0.05) is 6.42 Å². The summed E-state index contributed by atoms with van der Waals surface area (Å²) in [5.41, 5.74) is 0.679. The van der Waals surface area contributed by atoms with Gasteiger partial charge in [0.05, 0.1) is 5.60 Å². The van der Waals surface area contributed by atoms with Crippen molar-refractivity contribution in [2.24, 2.45) is 0 Å². The molecule has 2 aromatic carbocycles. The summed E-state index contributed by atoms with van der Waals surface area (Å²) < 4.78 is 0. The summed E-state index contributed by atoms with van der Waals surface area (Å²) in [6.45, 7) is 4.10. The van der Waals surface area contributed by atoms with Crippen LogP contribution >= 0.6 is 0 Å². The Bertz CT molecular complexity index is 492. The zero-order valence-electron chi connectivity index (χ0n) is 10.6. The lowest BCUT2D eigenvalue weighted by atomic mass is 9.87. The fraction of sp³-hybridized carbons (Fsp3) is 0.375. The molecule has 1 N–H and O–H groups in total. The first kappa shape index (κ1) is 12.1. The van der Waals surface area contributed by atoms with Gasteiger partial charge in [0.2, 0.25) is 0 Å². The number of fused-ring (bicyclic) bond motifs is 1. The van der Waals surface area contributed by atoms with Crippen LogP contribution in [0.3, 0.4) is 0 Å². The van der Waals surface area contributed by atoms with Gasteiger partial charge >= 0.3 is 0 Å². The molecule has 1 heteroatoms. The molecular formula is C16H20O. The van der Waals surface area contributed by atoms with Gasteiger partial charge in [-0.2, -0.15) is 0 Å². The van der Waals surface area contributed by atoms with Crippen LogP contribution in [0.5, 0.6) is 0 Å². The first-order valence-electron chi connectivity index (χ1n) is 6.37. The highest BCUT2D eigenvalue weighted by atomic mass is 16.3. The normalized spacial score (nSPS) is 11.9. The summed E-state index contributed by atoms with van der Waals surface area (Å²) in [7, 11) is 0. The summed E-state index contributed by atoms with van der Waals surface area (Å²) >= 11 is 0. The predicted octanol–water partition coefficient (Wildman–Crippen LogP) is 3.93. The summed E-state index contributed by atoms with van der Waals surface area (Å²) in [4.78, 5) is 0. The first-order chi connectivity index (χ1) is 8.18. The maximum atomic E-state index is 10.4. The van der Waals surface area contributed by atoms with E-state index in [0.717, 1.165) is 19.3 Å². The minimum absolute atomic E-state index is 0.565. The smallest absolute Gasteiger partial charge is 0.0683 e. The van der Waals surface area contributed by atoms with Crippen molar-refractivity contribution in [1.82, 2.24) is 0 Å². The van der Waals surface area contributed by atoms with Crippen LogP contribution in [-0.4, -0.2) is 10.7 Å². The zero-order chi connectivity index (χ0) is 12.3. The van der Waals surface area contributed by atoms with Gasteiger partial charge in [-0.05, 0) is 29.2 Å². The van der Waals surface area contributed by atoms with Crippen molar-refractivity contribution < 1.29 is 5.11 Å². The predicted molar refractivity (Wildman–Crippen MR) is 73.2 cm³/mol. The molecule has 2 rings (SSSR count). The van der Waals surface area contributed by atoms with Crippen LogP contribution < -0.4 is 0 Å². The van der Waals surface area contributed by atoms with Crippen LogP contribution in [0.2, 0.25) is 0 Å². The van der Waals surface area contributed by atoms with Crippen molar-refractivity contribution in [2.75, 3.05) is 0 Å². The summed E-state index contributed by atoms with van der Waals surface area (Å²) in [5, 5.41) is 13.0. The fourth-order valence-corrected chi connectivity index (χ4v) is 2.30. The van der Waals surface area contributed by atoms with E-state index in [0.29, 0.717) is 0 Å². The van der Waals surface area contributed by atoms with Crippen LogP contribution in [0.25, 0.3) is 10.8 Å². The lowest BCUT2D eigenvalue weighted by Gasteiger charge is -2.25. The van der Waals surface area contributed by atoms with Crippen molar-refractivity contribution >= 4 is 10.8 Å². The summed E-state index contributed by atoms with van der Waals surface area (Å²) in [6, 6.07) is 14.7. The molecule has 2 aromatic rings. The molecule has 0 heterocycles. The van der Waals surface area contributed by atoms with Crippen LogP contribution in [0.15, 0.2) is 42.5 Å². The van der Waals surface area contributed by atoms with Gasteiger partial charge < -0.3 is 5.11 Å². The van der Waals surface area contributed by atoms with Crippen molar-refractivity contribution in [2.45, 2.75) is 38.7 Å². The minimum Gasteiger partial charge on any atom is -0.390 e. The maximum Gasteiger partial charge on any atom is 0.0683 e. The lowest BCUT2D eigenvalue weighted by Crippen LogP contribution is -2.29. The van der Waals surface area contributed by atoms with E-state index in [4.69, 9.17) is 0 Å². The van der Waals surface area contributed by atoms with Gasteiger partial charge in [-0.3, -0.25) is 0 Å². The van der Waals surface area contributed by atoms with Crippen LogP contribution in [-0.2, 0) is 6.42 Å². The van der Waals surface area contributed by atoms with Crippen molar-refractivity contribution in [3.8, 4) is 0 Å². The van der Waals surface area contributed by atoms with Gasteiger partial charge in [0.25, 0.3) is 0 Å². The molecule has 0 aliphatic carbocycles. The molecule has 0 unspecified atom stereocenters. The van der Waals surface area contributed by atoms with Crippen molar-refractivity contribution in [3.05, 3.63) is 48.0 Å². The van der Waals surface area contributed by atoms with E-state index in [9.17, 15) is 5.11 Å². The molecule has 0 spiro atoms. The highest BCUT2D eigenvalue weighted by molar-refractivity contribution is 5.85. The number of hydrogen-bond acceptors (Lipinski definition) is 1. The highest BCUT2D eigenvalue weighted by Crippen LogP contribution is 2.26. The second-order valence-corrected chi connectivity index (χ2v) is 4.75. The Kier molecular flexibility index (Phi) is 3.49. The monoisotopic (exact) mass is 228 g/mol. The Morgan fingerprint density at radius 1 is 0.941 bits per heavy atom. The number of hydrogen-bond donors (Lipinski definition) is 1. The Balaban J connectivity index is 2.42. The Hall–Kier alpha value is -1.34. The minimum atomic E-state index is -0.565. The van der Waals surface area contributed by atoms with Gasteiger partial charge in [0.15, 0.2) is 0 Å². The van der Waals surface area contributed by atoms with Gasteiger partial charge in [-0.15, -0.1) is 0 Å². The van der Waals surface area contributed by atoms with E-state index >= 15 is 0 Å². The molecule has 0 aliphatic rings. The topological polar surface area (TPSA) is 20.2 Å². The molecule has 0 bridgehead atoms. The third-order valence-electron chi connectivity index (χ3n) is 3.72. The second-order valence-electron chi connectivity index (χ2n) is 4.75. The molecule has 0 saturated carbocycles. The van der Waals surface area contributed by atoms with E-state index in [1.807, 2.05) is 0 Å². The third kappa shape index (κ3) is 2.50. The molecule has 0 fully saturated rings. The molecule has 90 valence electrons. The molecule has 0 atom stereocenters. The Morgan fingerprint density at radius 2 is 1.59 bits per heavy atom. The van der Waals surface area contributed by atoms with Crippen LogP contribution in [0.1, 0.15) is 32.3 Å². The Morgan fingerprint density at radius 3 is 2.29 bits per heavy atom. The zero-order valence-corrected chi connectivity index (χ0v) is 10.6. The van der Waals surface area contributed by atoms with E-state index in [1.165, 1.54) is 16.3 Å². The SMILES string of the molecule is CCC(O)(CC)Cc1cccc2ccccc12. The van der Waals surface area contributed by atoms with E-state index in [-0.39, 0.29) is 0 Å². The van der Waals surface area contributed by atoms with Gasteiger partial charge in [-0.1, -0.05) is 56.3 Å². The summed E-state index contributed by atoms with van der Waals surface area (Å²) in [5.74, 6) is 0.